The number of benzene rings is 5. The molecule has 0 bridgehead atoms. The average molecular weight is 485 g/mol. The molecule has 0 fully saturated rings. The van der Waals surface area contributed by atoms with E-state index >= 15 is 0 Å². The smallest absolute Gasteiger partial charge is 0.248 e. The number of para-hydroxylation sites is 1. The molecular formula is C36H28BN. The summed E-state index contributed by atoms with van der Waals surface area (Å²) >= 11 is 0. The first kappa shape index (κ1) is 21.0. The third-order valence-electron chi connectivity index (χ3n) is 10.0. The SMILES string of the molecule is CC1(C)c2cc(-c3ccccc3)cc3c2B2c4c1cccc4C(C)(C)c1ccc4c5ccccc5n-3c4c12. The first-order valence-corrected chi connectivity index (χ1v) is 13.8. The molecule has 38 heavy (non-hydrogen) atoms. The minimum atomic E-state index is -0.0986. The fourth-order valence-electron chi connectivity index (χ4n) is 8.30. The Morgan fingerprint density at radius 3 is 2.00 bits per heavy atom. The van der Waals surface area contributed by atoms with Crippen LogP contribution in [0.2, 0.25) is 0 Å². The molecule has 0 atom stereocenters. The maximum absolute atomic E-state index is 2.61. The van der Waals surface area contributed by atoms with Crippen molar-refractivity contribution in [2.45, 2.75) is 38.5 Å². The third-order valence-corrected chi connectivity index (χ3v) is 10.0. The van der Waals surface area contributed by atoms with Crippen molar-refractivity contribution in [3.05, 3.63) is 119 Å². The number of fused-ring (bicyclic) bond motifs is 4. The molecule has 3 aliphatic rings. The zero-order valence-electron chi connectivity index (χ0n) is 22.3. The Bertz CT molecular complexity index is 2020. The van der Waals surface area contributed by atoms with Gasteiger partial charge in [0.15, 0.2) is 0 Å². The summed E-state index contributed by atoms with van der Waals surface area (Å²) in [7, 11) is 0. The molecule has 2 heteroatoms. The molecule has 0 amide bonds. The minimum absolute atomic E-state index is 0.0539. The van der Waals surface area contributed by atoms with Gasteiger partial charge >= 0.3 is 0 Å². The van der Waals surface area contributed by atoms with Crippen LogP contribution in [0.4, 0.5) is 0 Å². The van der Waals surface area contributed by atoms with E-state index in [-0.39, 0.29) is 17.5 Å². The van der Waals surface area contributed by atoms with Crippen LogP contribution >= 0.6 is 0 Å². The fourth-order valence-corrected chi connectivity index (χ4v) is 8.30. The monoisotopic (exact) mass is 485 g/mol. The van der Waals surface area contributed by atoms with Gasteiger partial charge in [-0.1, -0.05) is 118 Å². The molecule has 0 saturated heterocycles. The van der Waals surface area contributed by atoms with Gasteiger partial charge in [0, 0.05) is 32.8 Å². The number of nitrogens with zero attached hydrogens (tertiary/aromatic N) is 1. The van der Waals surface area contributed by atoms with Gasteiger partial charge in [-0.25, -0.2) is 0 Å². The summed E-state index contributed by atoms with van der Waals surface area (Å²) in [5.74, 6) is 0. The van der Waals surface area contributed by atoms with Gasteiger partial charge in [-0.2, -0.15) is 0 Å². The molecule has 0 spiro atoms. The highest BCUT2D eigenvalue weighted by atomic mass is 15.0. The van der Waals surface area contributed by atoms with E-state index in [0.717, 1.165) is 0 Å². The van der Waals surface area contributed by atoms with Gasteiger partial charge in [0.1, 0.15) is 0 Å². The molecule has 9 rings (SSSR count). The van der Waals surface area contributed by atoms with Crippen molar-refractivity contribution in [3.8, 4) is 16.8 Å². The molecule has 180 valence electrons. The van der Waals surface area contributed by atoms with Crippen molar-refractivity contribution in [1.82, 2.24) is 4.57 Å². The van der Waals surface area contributed by atoms with Crippen LogP contribution in [0.5, 0.6) is 0 Å². The van der Waals surface area contributed by atoms with Crippen molar-refractivity contribution < 1.29 is 0 Å². The summed E-state index contributed by atoms with van der Waals surface area (Å²) in [5, 5.41) is 2.72. The summed E-state index contributed by atoms with van der Waals surface area (Å²) in [6, 6.07) is 36.8. The molecule has 6 aromatic rings. The van der Waals surface area contributed by atoms with E-state index in [1.54, 1.807) is 5.46 Å². The molecule has 5 aromatic carbocycles. The highest BCUT2D eigenvalue weighted by molar-refractivity contribution is 7.00. The predicted octanol–water partition coefficient (Wildman–Crippen LogP) is 6.56. The van der Waals surface area contributed by atoms with E-state index in [4.69, 9.17) is 0 Å². The van der Waals surface area contributed by atoms with Crippen LogP contribution in [-0.4, -0.2) is 11.3 Å². The summed E-state index contributed by atoms with van der Waals surface area (Å²) in [6.07, 6.45) is 0. The maximum Gasteiger partial charge on any atom is 0.248 e. The lowest BCUT2D eigenvalue weighted by molar-refractivity contribution is 0.621. The van der Waals surface area contributed by atoms with Crippen molar-refractivity contribution in [3.63, 3.8) is 0 Å². The Labute approximate surface area is 223 Å². The van der Waals surface area contributed by atoms with Gasteiger partial charge in [-0.05, 0) is 56.4 Å². The molecule has 3 aliphatic heterocycles. The van der Waals surface area contributed by atoms with Gasteiger partial charge < -0.3 is 4.57 Å². The zero-order valence-corrected chi connectivity index (χ0v) is 22.3. The number of rotatable bonds is 1. The molecule has 0 saturated carbocycles. The van der Waals surface area contributed by atoms with Crippen molar-refractivity contribution in [1.29, 1.82) is 0 Å². The van der Waals surface area contributed by atoms with E-state index in [0.29, 0.717) is 0 Å². The Morgan fingerprint density at radius 2 is 1.21 bits per heavy atom. The predicted molar refractivity (Wildman–Crippen MR) is 162 cm³/mol. The summed E-state index contributed by atoms with van der Waals surface area (Å²) in [4.78, 5) is 0. The molecule has 0 N–H and O–H groups in total. The fraction of sp³-hybridized carbons (Fsp3) is 0.167. The van der Waals surface area contributed by atoms with Gasteiger partial charge in [0.25, 0.3) is 0 Å². The summed E-state index contributed by atoms with van der Waals surface area (Å²) in [6.45, 7) is 10.0. The van der Waals surface area contributed by atoms with E-state index in [1.807, 2.05) is 0 Å². The highest BCUT2D eigenvalue weighted by Gasteiger charge is 2.51. The molecular weight excluding hydrogens is 457 g/mol. The quantitative estimate of drug-likeness (QED) is 0.232. The van der Waals surface area contributed by atoms with Crippen molar-refractivity contribution >= 4 is 44.9 Å². The van der Waals surface area contributed by atoms with Crippen LogP contribution in [0.25, 0.3) is 38.6 Å². The van der Waals surface area contributed by atoms with Crippen molar-refractivity contribution in [2.24, 2.45) is 0 Å². The van der Waals surface area contributed by atoms with Crippen LogP contribution in [-0.2, 0) is 10.8 Å². The summed E-state index contributed by atoms with van der Waals surface area (Å²) < 4.78 is 2.61. The van der Waals surface area contributed by atoms with Crippen molar-refractivity contribution in [2.75, 3.05) is 0 Å². The topological polar surface area (TPSA) is 4.93 Å². The zero-order chi connectivity index (χ0) is 25.6. The van der Waals surface area contributed by atoms with Gasteiger partial charge in [0.2, 0.25) is 6.71 Å². The van der Waals surface area contributed by atoms with Gasteiger partial charge in [-0.3, -0.25) is 0 Å². The van der Waals surface area contributed by atoms with E-state index in [9.17, 15) is 0 Å². The Balaban J connectivity index is 1.57. The first-order chi connectivity index (χ1) is 18.4. The van der Waals surface area contributed by atoms with E-state index in [2.05, 4.69) is 129 Å². The van der Waals surface area contributed by atoms with Crippen LogP contribution < -0.4 is 16.4 Å². The van der Waals surface area contributed by atoms with Gasteiger partial charge in [-0.15, -0.1) is 0 Å². The average Bonchev–Trinajstić information content (AvgIpc) is 3.28. The highest BCUT2D eigenvalue weighted by Crippen LogP contribution is 2.46. The lowest BCUT2D eigenvalue weighted by atomic mass is 9.26. The third kappa shape index (κ3) is 2.20. The molecule has 0 unspecified atom stereocenters. The molecule has 1 aromatic heterocycles. The van der Waals surface area contributed by atoms with Crippen LogP contribution in [0.3, 0.4) is 0 Å². The second-order valence-electron chi connectivity index (χ2n) is 12.5. The standard InChI is InChI=1S/C36H28BN/c1-35(2)25-14-10-15-26-31(25)37-32-28(36(26,3)4)19-22(21-11-6-5-7-12-21)20-30(32)38-29-16-9-8-13-23(29)24-17-18-27(35)33(37)34(24)38/h5-20H,1-4H3. The van der Waals surface area contributed by atoms with Crippen LogP contribution in [0, 0.1) is 0 Å². The Morgan fingerprint density at radius 1 is 0.526 bits per heavy atom. The number of hydrogen-bond donors (Lipinski definition) is 0. The Kier molecular flexibility index (Phi) is 3.59. The van der Waals surface area contributed by atoms with Gasteiger partial charge in [0.05, 0.1) is 5.52 Å². The molecule has 4 heterocycles. The lowest BCUT2D eigenvalue weighted by Crippen LogP contribution is -2.68. The van der Waals surface area contributed by atoms with E-state index < -0.39 is 0 Å². The maximum atomic E-state index is 2.61. The molecule has 0 radical (unpaired) electrons. The minimum Gasteiger partial charge on any atom is -0.310 e. The summed E-state index contributed by atoms with van der Waals surface area (Å²) in [5.41, 5.74) is 17.0. The normalized spacial score (nSPS) is 16.8. The van der Waals surface area contributed by atoms with E-state index in [1.165, 1.54) is 71.8 Å². The largest absolute Gasteiger partial charge is 0.310 e. The number of hydrogen-bond acceptors (Lipinski definition) is 0. The molecule has 0 aliphatic carbocycles. The second-order valence-corrected chi connectivity index (χ2v) is 12.5. The number of aromatic nitrogens is 1. The molecule has 1 nitrogen and oxygen atoms in total. The Hall–Kier alpha value is -4.04. The first-order valence-electron chi connectivity index (χ1n) is 13.8. The van der Waals surface area contributed by atoms with Crippen LogP contribution in [0.15, 0.2) is 97.1 Å². The lowest BCUT2D eigenvalue weighted by Gasteiger charge is -2.49. The second kappa shape index (κ2) is 6.50. The van der Waals surface area contributed by atoms with Crippen LogP contribution in [0.1, 0.15) is 49.9 Å².